The summed E-state index contributed by atoms with van der Waals surface area (Å²) in [6, 6.07) is 0.403. The lowest BCUT2D eigenvalue weighted by Gasteiger charge is -2.03. The molecule has 0 aliphatic carbocycles. The maximum atomic E-state index is 5.65. The maximum absolute atomic E-state index is 5.65. The van der Waals surface area contributed by atoms with Crippen molar-refractivity contribution in [1.82, 2.24) is 0 Å². The Morgan fingerprint density at radius 1 is 0.923 bits per heavy atom. The van der Waals surface area contributed by atoms with E-state index in [9.17, 15) is 0 Å². The monoisotopic (exact) mass is 251 g/mol. The van der Waals surface area contributed by atoms with Gasteiger partial charge in [0, 0.05) is 6.04 Å². The first-order valence-corrected chi connectivity index (χ1v) is 5.53. The Morgan fingerprint density at radius 3 is 1.85 bits per heavy atom. The molecule has 0 aromatic rings. The molecular weight excluding hydrogens is 226 g/mol. The second kappa shape index (κ2) is 12.4. The zero-order valence-corrected chi connectivity index (χ0v) is 10.9. The van der Waals surface area contributed by atoms with Gasteiger partial charge in [0.15, 0.2) is 0 Å². The summed E-state index contributed by atoms with van der Waals surface area (Å²) in [7, 11) is 0. The maximum Gasteiger partial charge on any atom is 0.00104 e. The first-order chi connectivity index (χ1) is 5.77. The molecule has 0 aliphatic rings. The third kappa shape index (κ3) is 15.2. The molecule has 0 spiro atoms. The number of rotatable bonds is 8. The van der Waals surface area contributed by atoms with E-state index >= 15 is 0 Å². The van der Waals surface area contributed by atoms with Crippen LogP contribution in [0.25, 0.3) is 0 Å². The van der Waals surface area contributed by atoms with Crippen molar-refractivity contribution in [1.29, 1.82) is 0 Å². The molecule has 2 N–H and O–H groups in total. The highest BCUT2D eigenvalue weighted by Crippen LogP contribution is 2.08. The first-order valence-electron chi connectivity index (χ1n) is 5.53. The van der Waals surface area contributed by atoms with Gasteiger partial charge in [-0.25, -0.2) is 0 Å². The molecule has 2 heteroatoms. The van der Waals surface area contributed by atoms with Crippen LogP contribution in [-0.4, -0.2) is 6.04 Å². The highest BCUT2D eigenvalue weighted by atomic mass is 79.9. The molecule has 0 bridgehead atoms. The van der Waals surface area contributed by atoms with Gasteiger partial charge < -0.3 is 5.73 Å². The van der Waals surface area contributed by atoms with Crippen molar-refractivity contribution < 1.29 is 0 Å². The quantitative estimate of drug-likeness (QED) is 0.648. The van der Waals surface area contributed by atoms with E-state index in [0.29, 0.717) is 6.04 Å². The average molecular weight is 252 g/mol. The second-order valence-corrected chi connectivity index (χ2v) is 3.89. The van der Waals surface area contributed by atoms with E-state index in [4.69, 9.17) is 5.73 Å². The third-order valence-corrected chi connectivity index (χ3v) is 2.26. The Labute approximate surface area is 94.2 Å². The molecule has 0 rings (SSSR count). The molecule has 0 saturated heterocycles. The van der Waals surface area contributed by atoms with Gasteiger partial charge in [0.05, 0.1) is 0 Å². The van der Waals surface area contributed by atoms with Crippen LogP contribution in [0.3, 0.4) is 0 Å². The van der Waals surface area contributed by atoms with E-state index in [2.05, 4.69) is 13.8 Å². The van der Waals surface area contributed by atoms with E-state index < -0.39 is 0 Å². The molecule has 1 unspecified atom stereocenters. The lowest BCUT2D eigenvalue weighted by Crippen LogP contribution is -2.13. The summed E-state index contributed by atoms with van der Waals surface area (Å²) in [5.41, 5.74) is 5.65. The lowest BCUT2D eigenvalue weighted by atomic mass is 10.1. The zero-order valence-electron chi connectivity index (χ0n) is 9.22. The topological polar surface area (TPSA) is 26.0 Å². The number of hydrogen-bond donors (Lipinski definition) is 1. The van der Waals surface area contributed by atoms with Gasteiger partial charge in [-0.15, -0.1) is 17.0 Å². The Bertz CT molecular complexity index is 84.2. The van der Waals surface area contributed by atoms with E-state index in [1.165, 1.54) is 51.4 Å². The predicted molar refractivity (Wildman–Crippen MR) is 66.6 cm³/mol. The predicted octanol–water partition coefficient (Wildman–Crippen LogP) is 4.05. The minimum atomic E-state index is 0. The van der Waals surface area contributed by atoms with Crippen LogP contribution in [0.15, 0.2) is 0 Å². The molecule has 0 heterocycles. The first kappa shape index (κ1) is 15.9. The van der Waals surface area contributed by atoms with Gasteiger partial charge in [0.2, 0.25) is 0 Å². The van der Waals surface area contributed by atoms with Gasteiger partial charge in [-0.2, -0.15) is 0 Å². The standard InChI is InChI=1S/C11H25N.BrH/c1-3-4-5-6-7-8-9-10-11(2)12;/h11H,3-10,12H2,1-2H3;1H. The van der Waals surface area contributed by atoms with Gasteiger partial charge in [-0.1, -0.05) is 51.9 Å². The van der Waals surface area contributed by atoms with E-state index in [1.54, 1.807) is 0 Å². The Balaban J connectivity index is 0. The SMILES string of the molecule is Br.CCCCCCCCCC(C)N. The highest BCUT2D eigenvalue weighted by molar-refractivity contribution is 8.93. The molecule has 0 saturated carbocycles. The largest absolute Gasteiger partial charge is 0.328 e. The average Bonchev–Trinajstić information content (AvgIpc) is 2.02. The number of nitrogens with two attached hydrogens (primary N) is 1. The lowest BCUT2D eigenvalue weighted by molar-refractivity contribution is 0.547. The van der Waals surface area contributed by atoms with Crippen LogP contribution in [0.4, 0.5) is 0 Å². The molecule has 13 heavy (non-hydrogen) atoms. The summed E-state index contributed by atoms with van der Waals surface area (Å²) in [5.74, 6) is 0. The smallest absolute Gasteiger partial charge is 0.00104 e. The highest BCUT2D eigenvalue weighted by Gasteiger charge is 1.94. The van der Waals surface area contributed by atoms with Crippen LogP contribution < -0.4 is 5.73 Å². The van der Waals surface area contributed by atoms with Crippen LogP contribution in [0.1, 0.15) is 65.2 Å². The van der Waals surface area contributed by atoms with Crippen LogP contribution in [0, 0.1) is 0 Å². The number of unbranched alkanes of at least 4 members (excludes halogenated alkanes) is 6. The zero-order chi connectivity index (χ0) is 9.23. The summed E-state index contributed by atoms with van der Waals surface area (Å²) in [6.07, 6.45) is 10.9. The Hall–Kier alpha value is 0.440. The van der Waals surface area contributed by atoms with Crippen molar-refractivity contribution >= 4 is 17.0 Å². The van der Waals surface area contributed by atoms with Crippen molar-refractivity contribution in [3.05, 3.63) is 0 Å². The van der Waals surface area contributed by atoms with Crippen LogP contribution in [0.5, 0.6) is 0 Å². The van der Waals surface area contributed by atoms with Crippen molar-refractivity contribution in [3.63, 3.8) is 0 Å². The Morgan fingerprint density at radius 2 is 1.38 bits per heavy atom. The summed E-state index contributed by atoms with van der Waals surface area (Å²) in [4.78, 5) is 0. The molecular formula is C11H26BrN. The fraction of sp³-hybridized carbons (Fsp3) is 1.00. The molecule has 0 aliphatic heterocycles. The number of halogens is 1. The number of hydrogen-bond acceptors (Lipinski definition) is 1. The van der Waals surface area contributed by atoms with Crippen molar-refractivity contribution in [2.45, 2.75) is 71.3 Å². The van der Waals surface area contributed by atoms with Gasteiger partial charge >= 0.3 is 0 Å². The molecule has 82 valence electrons. The minimum absolute atomic E-state index is 0. The molecule has 0 aromatic heterocycles. The summed E-state index contributed by atoms with van der Waals surface area (Å²) in [5, 5.41) is 0. The van der Waals surface area contributed by atoms with Crippen molar-refractivity contribution in [2.24, 2.45) is 5.73 Å². The molecule has 1 atom stereocenters. The molecule has 0 radical (unpaired) electrons. The van der Waals surface area contributed by atoms with Crippen LogP contribution in [-0.2, 0) is 0 Å². The van der Waals surface area contributed by atoms with Crippen molar-refractivity contribution in [2.75, 3.05) is 0 Å². The van der Waals surface area contributed by atoms with Gasteiger partial charge in [-0.3, -0.25) is 0 Å². The third-order valence-electron chi connectivity index (χ3n) is 2.26. The van der Waals surface area contributed by atoms with Crippen LogP contribution >= 0.6 is 17.0 Å². The normalized spacial score (nSPS) is 12.2. The minimum Gasteiger partial charge on any atom is -0.328 e. The summed E-state index contributed by atoms with van der Waals surface area (Å²) in [6.45, 7) is 4.35. The van der Waals surface area contributed by atoms with E-state index in [1.807, 2.05) is 0 Å². The molecule has 0 fully saturated rings. The fourth-order valence-corrected chi connectivity index (χ4v) is 1.42. The van der Waals surface area contributed by atoms with Crippen LogP contribution in [0.2, 0.25) is 0 Å². The van der Waals surface area contributed by atoms with Crippen molar-refractivity contribution in [3.8, 4) is 0 Å². The fourth-order valence-electron chi connectivity index (χ4n) is 1.42. The molecule has 0 amide bonds. The Kier molecular flexibility index (Phi) is 15.2. The summed E-state index contributed by atoms with van der Waals surface area (Å²) >= 11 is 0. The second-order valence-electron chi connectivity index (χ2n) is 3.89. The molecule has 1 nitrogen and oxygen atoms in total. The van der Waals surface area contributed by atoms with E-state index in [0.717, 1.165) is 0 Å². The van der Waals surface area contributed by atoms with Gasteiger partial charge in [-0.05, 0) is 13.3 Å². The van der Waals surface area contributed by atoms with Gasteiger partial charge in [0.25, 0.3) is 0 Å². The van der Waals surface area contributed by atoms with Gasteiger partial charge in [0.1, 0.15) is 0 Å². The van der Waals surface area contributed by atoms with E-state index in [-0.39, 0.29) is 17.0 Å². The summed E-state index contributed by atoms with van der Waals surface area (Å²) < 4.78 is 0. The molecule has 0 aromatic carbocycles.